The zero-order valence-electron chi connectivity index (χ0n) is 11.3. The number of aliphatic carboxylic acids is 1. The second-order valence-corrected chi connectivity index (χ2v) is 5.88. The molecule has 1 saturated carbocycles. The largest absolute Gasteiger partial charge is 0.481 e. The van der Waals surface area contributed by atoms with Gasteiger partial charge in [-0.3, -0.25) is 9.59 Å². The molecule has 0 bridgehead atoms. The summed E-state index contributed by atoms with van der Waals surface area (Å²) in [7, 11) is 0. The Morgan fingerprint density at radius 2 is 2.15 bits per heavy atom. The van der Waals surface area contributed by atoms with Crippen LogP contribution in [0.25, 0.3) is 0 Å². The van der Waals surface area contributed by atoms with E-state index >= 15 is 0 Å². The van der Waals surface area contributed by atoms with Gasteiger partial charge in [-0.2, -0.15) is 0 Å². The second kappa shape index (κ2) is 5.31. The Bertz CT molecular complexity index is 492. The molecule has 0 aromatic carbocycles. The number of carbonyl (C=O) groups is 2. The monoisotopic (exact) mass is 277 g/mol. The normalized spacial score (nSPS) is 25.9. The molecule has 1 aromatic rings. The van der Waals surface area contributed by atoms with Gasteiger partial charge in [0.15, 0.2) is 0 Å². The van der Waals surface area contributed by atoms with Crippen LogP contribution in [0.15, 0.2) is 23.0 Å². The van der Waals surface area contributed by atoms with Crippen molar-refractivity contribution in [3.63, 3.8) is 0 Å². The minimum absolute atomic E-state index is 0.0561. The average molecular weight is 277 g/mol. The summed E-state index contributed by atoms with van der Waals surface area (Å²) >= 11 is 0. The molecule has 1 aliphatic heterocycles. The zero-order valence-corrected chi connectivity index (χ0v) is 11.3. The van der Waals surface area contributed by atoms with Crippen molar-refractivity contribution < 1.29 is 19.1 Å². The van der Waals surface area contributed by atoms with Crippen LogP contribution in [0, 0.1) is 17.8 Å². The lowest BCUT2D eigenvalue weighted by Crippen LogP contribution is -2.30. The number of rotatable bonds is 5. The highest BCUT2D eigenvalue weighted by Gasteiger charge is 2.46. The van der Waals surface area contributed by atoms with Crippen molar-refractivity contribution in [1.29, 1.82) is 0 Å². The Labute approximate surface area is 117 Å². The number of amides is 1. The summed E-state index contributed by atoms with van der Waals surface area (Å²) in [4.78, 5) is 25.2. The summed E-state index contributed by atoms with van der Waals surface area (Å²) < 4.78 is 4.97. The van der Waals surface area contributed by atoms with E-state index in [2.05, 4.69) is 0 Å². The van der Waals surface area contributed by atoms with Gasteiger partial charge in [-0.25, -0.2) is 0 Å². The Balaban J connectivity index is 1.57. The molecule has 2 fully saturated rings. The number of furan rings is 1. The van der Waals surface area contributed by atoms with Gasteiger partial charge in [-0.05, 0) is 42.7 Å². The lowest BCUT2D eigenvalue weighted by molar-refractivity contribution is -0.142. The fourth-order valence-electron chi connectivity index (χ4n) is 3.14. The molecule has 1 saturated heterocycles. The molecule has 2 atom stereocenters. The van der Waals surface area contributed by atoms with Crippen LogP contribution in [-0.4, -0.2) is 35.0 Å². The van der Waals surface area contributed by atoms with Crippen molar-refractivity contribution in [2.45, 2.75) is 25.7 Å². The van der Waals surface area contributed by atoms with E-state index in [4.69, 9.17) is 4.42 Å². The summed E-state index contributed by atoms with van der Waals surface area (Å²) in [6, 6.07) is 1.85. The van der Waals surface area contributed by atoms with Gasteiger partial charge in [-0.1, -0.05) is 0 Å². The zero-order chi connectivity index (χ0) is 14.1. The minimum atomic E-state index is -0.757. The first-order chi connectivity index (χ1) is 9.65. The van der Waals surface area contributed by atoms with Crippen LogP contribution in [-0.2, 0) is 16.0 Å². The lowest BCUT2D eigenvalue weighted by Gasteiger charge is -2.15. The Morgan fingerprint density at radius 3 is 2.75 bits per heavy atom. The van der Waals surface area contributed by atoms with E-state index < -0.39 is 5.97 Å². The predicted molar refractivity (Wildman–Crippen MR) is 70.9 cm³/mol. The topological polar surface area (TPSA) is 70.8 Å². The number of nitrogens with zero attached hydrogens (tertiary/aromatic N) is 1. The molecule has 1 aliphatic carbocycles. The van der Waals surface area contributed by atoms with Gasteiger partial charge in [0, 0.05) is 19.5 Å². The third-order valence-corrected chi connectivity index (χ3v) is 4.47. The third-order valence-electron chi connectivity index (χ3n) is 4.47. The number of hydrogen-bond acceptors (Lipinski definition) is 3. The van der Waals surface area contributed by atoms with E-state index in [1.807, 2.05) is 6.07 Å². The second-order valence-electron chi connectivity index (χ2n) is 5.88. The summed E-state index contributed by atoms with van der Waals surface area (Å²) in [5.41, 5.74) is 1.01. The van der Waals surface area contributed by atoms with E-state index in [0.717, 1.165) is 18.4 Å². The first-order valence-electron chi connectivity index (χ1n) is 7.17. The van der Waals surface area contributed by atoms with Crippen LogP contribution in [0.1, 0.15) is 24.8 Å². The van der Waals surface area contributed by atoms with E-state index in [0.29, 0.717) is 31.8 Å². The van der Waals surface area contributed by atoms with Crippen molar-refractivity contribution in [2.75, 3.05) is 13.1 Å². The summed E-state index contributed by atoms with van der Waals surface area (Å²) in [5, 5.41) is 9.29. The summed E-state index contributed by atoms with van der Waals surface area (Å²) in [6.45, 7) is 0.993. The number of likely N-dealkylation sites (tertiary alicyclic amines) is 1. The van der Waals surface area contributed by atoms with Crippen molar-refractivity contribution >= 4 is 11.9 Å². The van der Waals surface area contributed by atoms with E-state index in [9.17, 15) is 14.7 Å². The molecular formula is C15H19NO4. The van der Waals surface area contributed by atoms with Crippen molar-refractivity contribution in [3.05, 3.63) is 24.2 Å². The number of carboxylic acid groups (broad SMARTS) is 1. The molecule has 108 valence electrons. The van der Waals surface area contributed by atoms with E-state index in [1.165, 1.54) is 0 Å². The van der Waals surface area contributed by atoms with Gasteiger partial charge in [0.05, 0.1) is 18.4 Å². The lowest BCUT2D eigenvalue weighted by atomic mass is 9.92. The molecule has 5 heteroatoms. The molecule has 0 spiro atoms. The van der Waals surface area contributed by atoms with Crippen LogP contribution in [0.3, 0.4) is 0 Å². The van der Waals surface area contributed by atoms with Gasteiger partial charge < -0.3 is 14.4 Å². The molecule has 0 radical (unpaired) electrons. The van der Waals surface area contributed by atoms with Gasteiger partial charge in [0.1, 0.15) is 0 Å². The van der Waals surface area contributed by atoms with Crippen LogP contribution in [0.5, 0.6) is 0 Å². The fraction of sp³-hybridized carbons (Fsp3) is 0.600. The molecule has 1 amide bonds. The first kappa shape index (κ1) is 13.2. The van der Waals surface area contributed by atoms with Crippen LogP contribution >= 0.6 is 0 Å². The maximum Gasteiger partial charge on any atom is 0.308 e. The molecule has 20 heavy (non-hydrogen) atoms. The molecule has 1 N–H and O–H groups in total. The molecule has 0 unspecified atom stereocenters. The standard InChI is InChI=1S/C15H19NO4/c17-14(4-1-10-5-6-20-9-10)16-7-12(11-2-3-11)13(8-16)15(18)19/h5-6,9,11-13H,1-4,7-8H2,(H,18,19)/t12-,13+/m1/s1. The van der Waals surface area contributed by atoms with Gasteiger partial charge >= 0.3 is 5.97 Å². The molecule has 5 nitrogen and oxygen atoms in total. The predicted octanol–water partition coefficient (Wildman–Crippen LogP) is 1.78. The Kier molecular flexibility index (Phi) is 3.51. The Hall–Kier alpha value is -1.78. The summed E-state index contributed by atoms with van der Waals surface area (Å²) in [6.07, 6.45) is 6.54. The van der Waals surface area contributed by atoms with Gasteiger partial charge in [-0.15, -0.1) is 0 Å². The third kappa shape index (κ3) is 2.71. The number of hydrogen-bond donors (Lipinski definition) is 1. The SMILES string of the molecule is O=C(O)[C@H]1CN(C(=O)CCc2ccoc2)C[C@@H]1C1CC1. The molecule has 2 heterocycles. The van der Waals surface area contributed by atoms with E-state index in [-0.39, 0.29) is 17.7 Å². The van der Waals surface area contributed by atoms with Crippen molar-refractivity contribution in [1.82, 2.24) is 4.90 Å². The number of carbonyl (C=O) groups excluding carboxylic acids is 1. The van der Waals surface area contributed by atoms with E-state index in [1.54, 1.807) is 17.4 Å². The first-order valence-corrected chi connectivity index (χ1v) is 7.17. The van der Waals surface area contributed by atoms with Crippen LogP contribution in [0.2, 0.25) is 0 Å². The molecule has 1 aromatic heterocycles. The number of carboxylic acids is 1. The van der Waals surface area contributed by atoms with Crippen LogP contribution < -0.4 is 0 Å². The summed E-state index contributed by atoms with van der Waals surface area (Å²) in [5.74, 6) is -0.402. The van der Waals surface area contributed by atoms with Crippen LogP contribution in [0.4, 0.5) is 0 Å². The van der Waals surface area contributed by atoms with Crippen molar-refractivity contribution in [2.24, 2.45) is 17.8 Å². The molecular weight excluding hydrogens is 258 g/mol. The van der Waals surface area contributed by atoms with Crippen molar-refractivity contribution in [3.8, 4) is 0 Å². The smallest absolute Gasteiger partial charge is 0.308 e. The highest BCUT2D eigenvalue weighted by Crippen LogP contribution is 2.44. The quantitative estimate of drug-likeness (QED) is 0.890. The van der Waals surface area contributed by atoms with Gasteiger partial charge in [0.25, 0.3) is 0 Å². The maximum atomic E-state index is 12.2. The molecule has 3 rings (SSSR count). The average Bonchev–Trinajstić information content (AvgIpc) is 2.97. The highest BCUT2D eigenvalue weighted by molar-refractivity contribution is 5.79. The highest BCUT2D eigenvalue weighted by atomic mass is 16.4. The Morgan fingerprint density at radius 1 is 1.35 bits per heavy atom. The van der Waals surface area contributed by atoms with Gasteiger partial charge in [0.2, 0.25) is 5.91 Å². The molecule has 2 aliphatic rings. The maximum absolute atomic E-state index is 12.2. The minimum Gasteiger partial charge on any atom is -0.481 e. The number of aryl methyl sites for hydroxylation is 1. The fourth-order valence-corrected chi connectivity index (χ4v) is 3.14.